The molecule has 0 saturated heterocycles. The predicted molar refractivity (Wildman–Crippen MR) is 80.3 cm³/mol. The lowest BCUT2D eigenvalue weighted by Crippen LogP contribution is -2.30. The Morgan fingerprint density at radius 2 is 1.79 bits per heavy atom. The van der Waals surface area contributed by atoms with Crippen LogP contribution in [0.1, 0.15) is 50.7 Å². The Kier molecular flexibility index (Phi) is 8.06. The van der Waals surface area contributed by atoms with Crippen molar-refractivity contribution in [2.75, 3.05) is 0 Å². The van der Waals surface area contributed by atoms with Crippen molar-refractivity contribution in [2.45, 2.75) is 52.4 Å². The van der Waals surface area contributed by atoms with E-state index < -0.39 is 7.32 Å². The zero-order chi connectivity index (χ0) is 14.1. The zero-order valence-electron chi connectivity index (χ0n) is 11.9. The Bertz CT molecular complexity index is 372. The van der Waals surface area contributed by atoms with E-state index in [1.54, 1.807) is 0 Å². The second-order valence-corrected chi connectivity index (χ2v) is 5.68. The SMILES string of the molecule is CCCCc1cccc([Si]OB(O)O)c1CCCC. The van der Waals surface area contributed by atoms with Crippen molar-refractivity contribution in [3.05, 3.63) is 29.3 Å². The molecule has 1 aromatic carbocycles. The zero-order valence-corrected chi connectivity index (χ0v) is 12.9. The summed E-state index contributed by atoms with van der Waals surface area (Å²) in [7, 11) is -1.69. The summed E-state index contributed by atoms with van der Waals surface area (Å²) in [5.74, 6) is 0. The van der Waals surface area contributed by atoms with Gasteiger partial charge in [-0.2, -0.15) is 0 Å². The van der Waals surface area contributed by atoms with E-state index in [4.69, 9.17) is 14.4 Å². The lowest BCUT2D eigenvalue weighted by Gasteiger charge is -2.14. The minimum Gasteiger partial charge on any atom is -0.424 e. The van der Waals surface area contributed by atoms with Crippen LogP contribution in [0.3, 0.4) is 0 Å². The van der Waals surface area contributed by atoms with Crippen molar-refractivity contribution in [2.24, 2.45) is 0 Å². The molecule has 5 heteroatoms. The molecule has 0 unspecified atom stereocenters. The Morgan fingerprint density at radius 1 is 1.11 bits per heavy atom. The molecule has 0 bridgehead atoms. The highest BCUT2D eigenvalue weighted by atomic mass is 28.2. The van der Waals surface area contributed by atoms with Gasteiger partial charge in [0.2, 0.25) is 0 Å². The summed E-state index contributed by atoms with van der Waals surface area (Å²) in [6.45, 7) is 4.38. The van der Waals surface area contributed by atoms with Gasteiger partial charge in [-0.3, -0.25) is 0 Å². The molecule has 0 heterocycles. The summed E-state index contributed by atoms with van der Waals surface area (Å²) in [5, 5.41) is 18.8. The highest BCUT2D eigenvalue weighted by Crippen LogP contribution is 2.13. The molecule has 2 N–H and O–H groups in total. The molecular weight excluding hydrogens is 255 g/mol. The second-order valence-electron chi connectivity index (χ2n) is 4.70. The van der Waals surface area contributed by atoms with Crippen LogP contribution in [0, 0.1) is 0 Å². The van der Waals surface area contributed by atoms with Crippen molar-refractivity contribution in [3.63, 3.8) is 0 Å². The molecule has 0 saturated carbocycles. The molecule has 19 heavy (non-hydrogen) atoms. The molecule has 1 rings (SSSR count). The fourth-order valence-electron chi connectivity index (χ4n) is 2.10. The lowest BCUT2D eigenvalue weighted by atomic mass is 9.98. The third-order valence-electron chi connectivity index (χ3n) is 3.13. The van der Waals surface area contributed by atoms with Gasteiger partial charge in [-0.15, -0.1) is 0 Å². The fraction of sp³-hybridized carbons (Fsp3) is 0.571. The molecule has 0 fully saturated rings. The van der Waals surface area contributed by atoms with Crippen molar-refractivity contribution >= 4 is 22.3 Å². The Balaban J connectivity index is 2.86. The Morgan fingerprint density at radius 3 is 2.42 bits per heavy atom. The third-order valence-corrected chi connectivity index (χ3v) is 4.14. The lowest BCUT2D eigenvalue weighted by molar-refractivity contribution is 0.297. The van der Waals surface area contributed by atoms with Crippen LogP contribution in [-0.2, 0) is 17.2 Å². The number of hydrogen-bond acceptors (Lipinski definition) is 3. The van der Waals surface area contributed by atoms with Crippen molar-refractivity contribution < 1.29 is 14.4 Å². The molecular formula is C14H23BO3Si. The average molecular weight is 278 g/mol. The van der Waals surface area contributed by atoms with Gasteiger partial charge in [0.05, 0.1) is 0 Å². The first kappa shape index (κ1) is 16.4. The van der Waals surface area contributed by atoms with E-state index in [-0.39, 0.29) is 9.76 Å². The number of hydrogen-bond donors (Lipinski definition) is 2. The van der Waals surface area contributed by atoms with E-state index in [9.17, 15) is 0 Å². The van der Waals surface area contributed by atoms with E-state index in [1.165, 1.54) is 24.0 Å². The van der Waals surface area contributed by atoms with E-state index in [2.05, 4.69) is 19.9 Å². The minimum absolute atomic E-state index is 0.00361. The van der Waals surface area contributed by atoms with Gasteiger partial charge < -0.3 is 14.4 Å². The Labute approximate surface area is 119 Å². The molecule has 0 aliphatic rings. The topological polar surface area (TPSA) is 49.7 Å². The number of unbranched alkanes of at least 4 members (excludes halogenated alkanes) is 2. The van der Waals surface area contributed by atoms with Gasteiger partial charge in [-0.05, 0) is 42.0 Å². The quantitative estimate of drug-likeness (QED) is 0.675. The summed E-state index contributed by atoms with van der Waals surface area (Å²) >= 11 is 0. The van der Waals surface area contributed by atoms with Gasteiger partial charge in [0.1, 0.15) is 0 Å². The van der Waals surface area contributed by atoms with Crippen LogP contribution in [0.4, 0.5) is 0 Å². The van der Waals surface area contributed by atoms with Crippen LogP contribution < -0.4 is 5.19 Å². The van der Waals surface area contributed by atoms with Crippen molar-refractivity contribution in [3.8, 4) is 0 Å². The second kappa shape index (κ2) is 9.31. The molecule has 0 aromatic heterocycles. The molecule has 3 nitrogen and oxygen atoms in total. The maximum atomic E-state index is 8.83. The fourth-order valence-corrected chi connectivity index (χ4v) is 2.90. The van der Waals surface area contributed by atoms with Crippen molar-refractivity contribution in [1.82, 2.24) is 0 Å². The molecule has 104 valence electrons. The molecule has 0 spiro atoms. The molecule has 1 aromatic rings. The largest absolute Gasteiger partial charge is 0.623 e. The maximum absolute atomic E-state index is 8.83. The number of benzene rings is 1. The Hall–Kier alpha value is -0.618. The van der Waals surface area contributed by atoms with Gasteiger partial charge >= 0.3 is 7.32 Å². The first-order chi connectivity index (χ1) is 9.19. The normalized spacial score (nSPS) is 10.7. The van der Waals surface area contributed by atoms with E-state index in [0.29, 0.717) is 0 Å². The monoisotopic (exact) mass is 278 g/mol. The maximum Gasteiger partial charge on any atom is 0.623 e. The van der Waals surface area contributed by atoms with Gasteiger partial charge in [0.15, 0.2) is 0 Å². The number of aryl methyl sites for hydroxylation is 1. The summed E-state index contributed by atoms with van der Waals surface area (Å²) in [4.78, 5) is 0. The van der Waals surface area contributed by atoms with Crippen LogP contribution >= 0.6 is 0 Å². The van der Waals surface area contributed by atoms with Crippen LogP contribution in [0.5, 0.6) is 0 Å². The minimum atomic E-state index is -1.68. The summed E-state index contributed by atoms with van der Waals surface area (Å²) in [6, 6.07) is 6.25. The third kappa shape index (κ3) is 5.91. The molecule has 0 aliphatic heterocycles. The van der Waals surface area contributed by atoms with Crippen LogP contribution in [0.25, 0.3) is 0 Å². The van der Waals surface area contributed by atoms with E-state index in [0.717, 1.165) is 30.9 Å². The van der Waals surface area contributed by atoms with Crippen molar-refractivity contribution in [1.29, 1.82) is 0 Å². The molecule has 0 aliphatic carbocycles. The first-order valence-corrected chi connectivity index (χ1v) is 7.98. The van der Waals surface area contributed by atoms with E-state index in [1.807, 2.05) is 12.1 Å². The van der Waals surface area contributed by atoms with Crippen LogP contribution in [-0.4, -0.2) is 27.1 Å². The van der Waals surface area contributed by atoms with Gasteiger partial charge in [-0.25, -0.2) is 0 Å². The van der Waals surface area contributed by atoms with Gasteiger partial charge in [-0.1, -0.05) is 44.9 Å². The molecule has 2 radical (unpaired) electrons. The van der Waals surface area contributed by atoms with Crippen LogP contribution in [0.15, 0.2) is 18.2 Å². The smallest absolute Gasteiger partial charge is 0.424 e. The van der Waals surface area contributed by atoms with Crippen LogP contribution in [0.2, 0.25) is 0 Å². The molecule has 0 amide bonds. The van der Waals surface area contributed by atoms with Gasteiger partial charge in [0.25, 0.3) is 9.76 Å². The predicted octanol–water partition coefficient (Wildman–Crippen LogP) is 1.60. The molecule has 0 atom stereocenters. The highest BCUT2D eigenvalue weighted by molar-refractivity contribution is 6.56. The standard InChI is InChI=1S/C14H23BO3Si/c1-3-5-8-12-9-7-11-14(19-18-15(16)17)13(12)10-6-4-2/h7,9,11,16-17H,3-6,8,10H2,1-2H3. The first-order valence-electron chi connectivity index (χ1n) is 7.07. The van der Waals surface area contributed by atoms with Gasteiger partial charge in [0, 0.05) is 0 Å². The highest BCUT2D eigenvalue weighted by Gasteiger charge is 2.14. The average Bonchev–Trinajstić information content (AvgIpc) is 2.41. The summed E-state index contributed by atoms with van der Waals surface area (Å²) < 4.78 is 4.95. The number of rotatable bonds is 9. The summed E-state index contributed by atoms with van der Waals surface area (Å²) in [5.41, 5.74) is 2.73. The summed E-state index contributed by atoms with van der Waals surface area (Å²) in [6.07, 6.45) is 6.83. The van der Waals surface area contributed by atoms with E-state index >= 15 is 0 Å².